The number of methoxy groups -OCH3 is 1. The van der Waals surface area contributed by atoms with Crippen LogP contribution in [0.15, 0.2) is 0 Å². The number of ether oxygens (including phenoxy) is 3. The van der Waals surface area contributed by atoms with E-state index in [1.807, 2.05) is 0 Å². The first-order valence-electron chi connectivity index (χ1n) is 8.23. The van der Waals surface area contributed by atoms with E-state index in [-0.39, 0.29) is 18.0 Å². The topological polar surface area (TPSA) is 65.1 Å². The number of sulfonamides is 1. The highest BCUT2D eigenvalue weighted by Crippen LogP contribution is 2.27. The molecule has 0 N–H and O–H groups in total. The molecule has 0 aromatic carbocycles. The molecular formula is C15H29NO5S. The van der Waals surface area contributed by atoms with Crippen molar-refractivity contribution in [3.8, 4) is 0 Å². The molecule has 2 aliphatic rings. The summed E-state index contributed by atoms with van der Waals surface area (Å²) in [4.78, 5) is 0. The molecule has 0 aromatic rings. The van der Waals surface area contributed by atoms with Gasteiger partial charge in [0.25, 0.3) is 0 Å². The summed E-state index contributed by atoms with van der Waals surface area (Å²) in [6.45, 7) is 5.14. The lowest BCUT2D eigenvalue weighted by Gasteiger charge is -2.34. The molecule has 7 heteroatoms. The predicted molar refractivity (Wildman–Crippen MR) is 84.0 cm³/mol. The van der Waals surface area contributed by atoms with Crippen molar-refractivity contribution in [1.82, 2.24) is 4.31 Å². The molecule has 2 heterocycles. The van der Waals surface area contributed by atoms with E-state index in [1.54, 1.807) is 11.4 Å². The third kappa shape index (κ3) is 5.16. The molecule has 2 fully saturated rings. The second-order valence-corrected chi connectivity index (χ2v) is 8.45. The molecular weight excluding hydrogens is 306 g/mol. The summed E-state index contributed by atoms with van der Waals surface area (Å²) < 4.78 is 42.8. The van der Waals surface area contributed by atoms with Crippen LogP contribution in [0.4, 0.5) is 0 Å². The Balaban J connectivity index is 1.82. The molecule has 0 unspecified atom stereocenters. The zero-order valence-electron chi connectivity index (χ0n) is 13.7. The fourth-order valence-electron chi connectivity index (χ4n) is 3.04. The summed E-state index contributed by atoms with van der Waals surface area (Å²) in [6.07, 6.45) is 3.22. The SMILES string of the molecule is COCC[C@@H](C)CCS(=O)(=O)N1CCC[C@@H](C2OCCO2)C1. The van der Waals surface area contributed by atoms with Crippen LogP contribution in [0.25, 0.3) is 0 Å². The van der Waals surface area contributed by atoms with E-state index in [4.69, 9.17) is 14.2 Å². The fourth-order valence-corrected chi connectivity index (χ4v) is 4.82. The predicted octanol–water partition coefficient (Wildman–Crippen LogP) is 1.46. The molecule has 0 aromatic heterocycles. The van der Waals surface area contributed by atoms with Crippen molar-refractivity contribution in [2.75, 3.05) is 45.8 Å². The molecule has 0 saturated carbocycles. The van der Waals surface area contributed by atoms with E-state index < -0.39 is 10.0 Å². The van der Waals surface area contributed by atoms with Crippen LogP contribution in [0.1, 0.15) is 32.6 Å². The van der Waals surface area contributed by atoms with Crippen LogP contribution in [0.3, 0.4) is 0 Å². The van der Waals surface area contributed by atoms with Gasteiger partial charge in [0, 0.05) is 32.7 Å². The maximum absolute atomic E-state index is 12.5. The number of hydrogen-bond acceptors (Lipinski definition) is 5. The molecule has 2 aliphatic heterocycles. The summed E-state index contributed by atoms with van der Waals surface area (Å²) >= 11 is 0. The third-order valence-corrected chi connectivity index (χ3v) is 6.40. The third-order valence-electron chi connectivity index (χ3n) is 4.53. The Morgan fingerprint density at radius 2 is 2.00 bits per heavy atom. The van der Waals surface area contributed by atoms with Gasteiger partial charge >= 0.3 is 0 Å². The molecule has 6 nitrogen and oxygen atoms in total. The largest absolute Gasteiger partial charge is 0.385 e. The number of nitrogens with zero attached hydrogens (tertiary/aromatic N) is 1. The minimum absolute atomic E-state index is 0.164. The average Bonchev–Trinajstić information content (AvgIpc) is 3.05. The Hall–Kier alpha value is -0.210. The van der Waals surface area contributed by atoms with Gasteiger partial charge in [-0.15, -0.1) is 0 Å². The summed E-state index contributed by atoms with van der Waals surface area (Å²) in [5.41, 5.74) is 0. The summed E-state index contributed by atoms with van der Waals surface area (Å²) in [7, 11) is -1.51. The smallest absolute Gasteiger partial charge is 0.214 e. The Labute approximate surface area is 134 Å². The van der Waals surface area contributed by atoms with E-state index >= 15 is 0 Å². The maximum atomic E-state index is 12.5. The molecule has 2 saturated heterocycles. The number of piperidine rings is 1. The van der Waals surface area contributed by atoms with Gasteiger partial charge in [-0.3, -0.25) is 0 Å². The fraction of sp³-hybridized carbons (Fsp3) is 1.00. The first-order chi connectivity index (χ1) is 10.5. The van der Waals surface area contributed by atoms with Gasteiger partial charge < -0.3 is 14.2 Å². The Bertz CT molecular complexity index is 422. The summed E-state index contributed by atoms with van der Waals surface area (Å²) in [5.74, 6) is 0.741. The van der Waals surface area contributed by atoms with E-state index in [0.29, 0.717) is 45.2 Å². The van der Waals surface area contributed by atoms with E-state index in [2.05, 4.69) is 6.92 Å². The Morgan fingerprint density at radius 3 is 2.68 bits per heavy atom. The summed E-state index contributed by atoms with van der Waals surface area (Å²) in [6, 6.07) is 0. The van der Waals surface area contributed by atoms with Crippen molar-refractivity contribution in [3.05, 3.63) is 0 Å². The van der Waals surface area contributed by atoms with Gasteiger partial charge in [0.2, 0.25) is 10.0 Å². The number of rotatable bonds is 8. The highest BCUT2D eigenvalue weighted by atomic mass is 32.2. The highest BCUT2D eigenvalue weighted by molar-refractivity contribution is 7.89. The minimum Gasteiger partial charge on any atom is -0.385 e. The van der Waals surface area contributed by atoms with Gasteiger partial charge in [0.1, 0.15) is 0 Å². The molecule has 0 radical (unpaired) electrons. The number of hydrogen-bond donors (Lipinski definition) is 0. The molecule has 2 rings (SSSR count). The second kappa shape index (κ2) is 8.59. The van der Waals surface area contributed by atoms with Crippen molar-refractivity contribution in [1.29, 1.82) is 0 Å². The van der Waals surface area contributed by atoms with E-state index in [0.717, 1.165) is 19.3 Å². The normalized spacial score (nSPS) is 26.4. The van der Waals surface area contributed by atoms with E-state index in [1.165, 1.54) is 0 Å². The van der Waals surface area contributed by atoms with Crippen molar-refractivity contribution in [3.63, 3.8) is 0 Å². The van der Waals surface area contributed by atoms with Crippen molar-refractivity contribution >= 4 is 10.0 Å². The lowest BCUT2D eigenvalue weighted by atomic mass is 9.99. The lowest BCUT2D eigenvalue weighted by Crippen LogP contribution is -2.44. The van der Waals surface area contributed by atoms with Gasteiger partial charge in [-0.2, -0.15) is 0 Å². The molecule has 0 amide bonds. The maximum Gasteiger partial charge on any atom is 0.214 e. The lowest BCUT2D eigenvalue weighted by molar-refractivity contribution is -0.0940. The van der Waals surface area contributed by atoms with Crippen molar-refractivity contribution in [2.24, 2.45) is 11.8 Å². The first-order valence-corrected chi connectivity index (χ1v) is 9.84. The molecule has 130 valence electrons. The molecule has 0 aliphatic carbocycles. The zero-order valence-corrected chi connectivity index (χ0v) is 14.5. The van der Waals surface area contributed by atoms with Crippen LogP contribution in [0.5, 0.6) is 0 Å². The minimum atomic E-state index is -3.18. The van der Waals surface area contributed by atoms with Crippen LogP contribution in [0, 0.1) is 11.8 Å². The van der Waals surface area contributed by atoms with Gasteiger partial charge in [0.15, 0.2) is 6.29 Å². The standard InChI is InChI=1S/C15H29NO5S/c1-13(5-8-19-2)6-11-22(17,18)16-7-3-4-14(12-16)15-20-9-10-21-15/h13-15H,3-12H2,1-2H3/t13-,14-/m1/s1. The van der Waals surface area contributed by atoms with Crippen LogP contribution in [-0.4, -0.2) is 64.8 Å². The van der Waals surface area contributed by atoms with Gasteiger partial charge in [-0.05, 0) is 31.6 Å². The van der Waals surface area contributed by atoms with Gasteiger partial charge in [-0.1, -0.05) is 6.92 Å². The van der Waals surface area contributed by atoms with Crippen LogP contribution < -0.4 is 0 Å². The average molecular weight is 335 g/mol. The molecule has 0 bridgehead atoms. The van der Waals surface area contributed by atoms with Gasteiger partial charge in [0.05, 0.1) is 19.0 Å². The quantitative estimate of drug-likeness (QED) is 0.672. The highest BCUT2D eigenvalue weighted by Gasteiger charge is 2.35. The molecule has 22 heavy (non-hydrogen) atoms. The first kappa shape index (κ1) is 18.1. The Kier molecular flexibility index (Phi) is 7.08. The second-order valence-electron chi connectivity index (χ2n) is 6.36. The van der Waals surface area contributed by atoms with Gasteiger partial charge in [-0.25, -0.2) is 12.7 Å². The zero-order chi connectivity index (χ0) is 16.0. The van der Waals surface area contributed by atoms with Crippen molar-refractivity contribution < 1.29 is 22.6 Å². The van der Waals surface area contributed by atoms with Crippen molar-refractivity contribution in [2.45, 2.75) is 38.9 Å². The monoisotopic (exact) mass is 335 g/mol. The Morgan fingerprint density at radius 1 is 1.27 bits per heavy atom. The molecule has 2 atom stereocenters. The summed E-state index contributed by atoms with van der Waals surface area (Å²) in [5, 5.41) is 0. The van der Waals surface area contributed by atoms with E-state index in [9.17, 15) is 8.42 Å². The van der Waals surface area contributed by atoms with Crippen LogP contribution in [-0.2, 0) is 24.2 Å². The molecule has 0 spiro atoms. The van der Waals surface area contributed by atoms with Crippen LogP contribution in [0.2, 0.25) is 0 Å². The van der Waals surface area contributed by atoms with Crippen LogP contribution >= 0.6 is 0 Å².